The number of nitrogens with one attached hydrogen (secondary N) is 1. The van der Waals surface area contributed by atoms with E-state index in [1.165, 1.54) is 6.07 Å². The molecule has 2 aromatic carbocycles. The molecular formula is C24H28Cl2FN7O. The molecule has 0 saturated carbocycles. The maximum absolute atomic E-state index is 14.5. The Morgan fingerprint density at radius 2 is 1.91 bits per heavy atom. The number of hydrogen-bond donors (Lipinski definition) is 2. The lowest BCUT2D eigenvalue weighted by atomic mass is 10.0. The summed E-state index contributed by atoms with van der Waals surface area (Å²) < 4.78 is 16.1. The van der Waals surface area contributed by atoms with Gasteiger partial charge in [0.25, 0.3) is 0 Å². The van der Waals surface area contributed by atoms with Gasteiger partial charge in [-0.1, -0.05) is 19.9 Å². The van der Waals surface area contributed by atoms with Gasteiger partial charge in [0.05, 0.1) is 6.20 Å². The molecule has 0 spiro atoms. The molecule has 0 bridgehead atoms. The van der Waals surface area contributed by atoms with Crippen molar-refractivity contribution in [2.45, 2.75) is 19.9 Å². The predicted molar refractivity (Wildman–Crippen MR) is 140 cm³/mol. The van der Waals surface area contributed by atoms with E-state index in [1.54, 1.807) is 36.3 Å². The SMILES string of the molecule is CC(C)C1CN(c2ncc(-c3ccc(-c4cc(F)c5nn(C)cc5c4)cc3O)nn2)CCN1.Cl.Cl. The molecule has 8 nitrogen and oxygen atoms in total. The van der Waals surface area contributed by atoms with Crippen LogP contribution in [0.4, 0.5) is 10.3 Å². The van der Waals surface area contributed by atoms with Crippen molar-refractivity contribution in [1.82, 2.24) is 30.3 Å². The van der Waals surface area contributed by atoms with E-state index >= 15 is 0 Å². The van der Waals surface area contributed by atoms with Gasteiger partial charge in [-0.05, 0) is 41.3 Å². The number of anilines is 1. The van der Waals surface area contributed by atoms with Crippen molar-refractivity contribution < 1.29 is 9.50 Å². The first-order valence-electron chi connectivity index (χ1n) is 11.0. The van der Waals surface area contributed by atoms with Crippen LogP contribution in [0.15, 0.2) is 42.7 Å². The summed E-state index contributed by atoms with van der Waals surface area (Å²) in [5, 5.41) is 27.7. The minimum atomic E-state index is -0.398. The van der Waals surface area contributed by atoms with E-state index < -0.39 is 5.82 Å². The molecule has 0 amide bonds. The number of halogens is 3. The predicted octanol–water partition coefficient (Wildman–Crippen LogP) is 4.21. The van der Waals surface area contributed by atoms with Gasteiger partial charge in [0.2, 0.25) is 5.95 Å². The largest absolute Gasteiger partial charge is 0.507 e. The average Bonchev–Trinajstić information content (AvgIpc) is 3.20. The van der Waals surface area contributed by atoms with Gasteiger partial charge >= 0.3 is 0 Å². The maximum Gasteiger partial charge on any atom is 0.245 e. The lowest BCUT2D eigenvalue weighted by molar-refractivity contribution is 0.365. The molecule has 186 valence electrons. The number of fused-ring (bicyclic) bond motifs is 1. The van der Waals surface area contributed by atoms with Crippen molar-refractivity contribution in [2.75, 3.05) is 24.5 Å². The second-order valence-electron chi connectivity index (χ2n) is 8.82. The van der Waals surface area contributed by atoms with Crippen LogP contribution in [-0.4, -0.2) is 55.7 Å². The van der Waals surface area contributed by atoms with Crippen LogP contribution in [-0.2, 0) is 7.05 Å². The number of benzene rings is 2. The van der Waals surface area contributed by atoms with Crippen molar-refractivity contribution in [2.24, 2.45) is 13.0 Å². The molecule has 35 heavy (non-hydrogen) atoms. The van der Waals surface area contributed by atoms with E-state index in [2.05, 4.69) is 44.3 Å². The molecule has 1 aliphatic rings. The first kappa shape index (κ1) is 26.6. The van der Waals surface area contributed by atoms with Crippen LogP contribution in [0.2, 0.25) is 0 Å². The van der Waals surface area contributed by atoms with Gasteiger partial charge in [0, 0.05) is 49.9 Å². The van der Waals surface area contributed by atoms with Gasteiger partial charge in [-0.25, -0.2) is 9.37 Å². The van der Waals surface area contributed by atoms with E-state index in [0.29, 0.717) is 51.2 Å². The minimum Gasteiger partial charge on any atom is -0.507 e. The van der Waals surface area contributed by atoms with Crippen LogP contribution in [0.3, 0.4) is 0 Å². The first-order valence-corrected chi connectivity index (χ1v) is 11.0. The van der Waals surface area contributed by atoms with Gasteiger partial charge in [-0.2, -0.15) is 5.10 Å². The smallest absolute Gasteiger partial charge is 0.245 e. The highest BCUT2D eigenvalue weighted by molar-refractivity contribution is 5.86. The second-order valence-corrected chi connectivity index (χ2v) is 8.82. The third-order valence-electron chi connectivity index (χ3n) is 6.13. The van der Waals surface area contributed by atoms with E-state index in [1.807, 2.05) is 12.1 Å². The summed E-state index contributed by atoms with van der Waals surface area (Å²) in [7, 11) is 1.75. The molecule has 3 heterocycles. The molecule has 4 aromatic rings. The molecule has 5 rings (SSSR count). The van der Waals surface area contributed by atoms with Crippen LogP contribution < -0.4 is 10.2 Å². The van der Waals surface area contributed by atoms with Gasteiger partial charge in [-0.15, -0.1) is 35.0 Å². The highest BCUT2D eigenvalue weighted by Gasteiger charge is 2.24. The zero-order valence-electron chi connectivity index (χ0n) is 19.6. The summed E-state index contributed by atoms with van der Waals surface area (Å²) in [5.74, 6) is 0.736. The van der Waals surface area contributed by atoms with E-state index in [0.717, 1.165) is 19.6 Å². The molecule has 1 fully saturated rings. The van der Waals surface area contributed by atoms with Crippen molar-refractivity contribution in [3.8, 4) is 28.1 Å². The third-order valence-corrected chi connectivity index (χ3v) is 6.13. The minimum absolute atomic E-state index is 0. The number of aryl methyl sites for hydroxylation is 1. The summed E-state index contributed by atoms with van der Waals surface area (Å²) in [6.45, 7) is 6.91. The third kappa shape index (κ3) is 5.32. The molecule has 2 aromatic heterocycles. The summed E-state index contributed by atoms with van der Waals surface area (Å²) in [6.07, 6.45) is 3.39. The number of phenols is 1. The van der Waals surface area contributed by atoms with Crippen LogP contribution in [0.1, 0.15) is 13.8 Å². The van der Waals surface area contributed by atoms with E-state index in [-0.39, 0.29) is 30.6 Å². The number of aromatic hydroxyl groups is 1. The van der Waals surface area contributed by atoms with Crippen LogP contribution in [0.25, 0.3) is 33.3 Å². The molecule has 0 aliphatic carbocycles. The highest BCUT2D eigenvalue weighted by Crippen LogP contribution is 2.34. The van der Waals surface area contributed by atoms with Crippen molar-refractivity contribution in [1.29, 1.82) is 0 Å². The average molecular weight is 520 g/mol. The van der Waals surface area contributed by atoms with Crippen LogP contribution >= 0.6 is 24.8 Å². The van der Waals surface area contributed by atoms with Gasteiger partial charge < -0.3 is 15.3 Å². The lowest BCUT2D eigenvalue weighted by Crippen LogP contribution is -2.53. The molecule has 0 radical (unpaired) electrons. The van der Waals surface area contributed by atoms with Crippen molar-refractivity contribution in [3.63, 3.8) is 0 Å². The molecule has 1 aliphatic heterocycles. The number of aromatic nitrogens is 5. The molecule has 11 heteroatoms. The van der Waals surface area contributed by atoms with Gasteiger partial charge in [0.1, 0.15) is 17.0 Å². The van der Waals surface area contributed by atoms with Gasteiger partial charge in [-0.3, -0.25) is 4.68 Å². The molecule has 1 atom stereocenters. The second kappa shape index (κ2) is 10.7. The number of rotatable bonds is 4. The summed E-state index contributed by atoms with van der Waals surface area (Å²) in [6, 6.07) is 8.85. The highest BCUT2D eigenvalue weighted by atomic mass is 35.5. The number of hydrogen-bond acceptors (Lipinski definition) is 7. The van der Waals surface area contributed by atoms with Crippen molar-refractivity contribution >= 4 is 41.7 Å². The summed E-state index contributed by atoms with van der Waals surface area (Å²) in [5.41, 5.74) is 2.68. The van der Waals surface area contributed by atoms with Crippen molar-refractivity contribution in [3.05, 3.63) is 48.5 Å². The normalized spacial score (nSPS) is 15.7. The molecule has 1 unspecified atom stereocenters. The Kier molecular flexibility index (Phi) is 8.15. The Morgan fingerprint density at radius 1 is 1.11 bits per heavy atom. The topological polar surface area (TPSA) is 92.0 Å². The quantitative estimate of drug-likeness (QED) is 0.417. The summed E-state index contributed by atoms with van der Waals surface area (Å²) in [4.78, 5) is 6.63. The van der Waals surface area contributed by atoms with Gasteiger partial charge in [0.15, 0.2) is 5.82 Å². The molecular weight excluding hydrogens is 492 g/mol. The summed E-state index contributed by atoms with van der Waals surface area (Å²) >= 11 is 0. The Labute approximate surface area is 215 Å². The fourth-order valence-electron chi connectivity index (χ4n) is 4.25. The number of phenolic OH excluding ortho intramolecular Hbond substituents is 1. The zero-order chi connectivity index (χ0) is 23.1. The Bertz CT molecular complexity index is 1310. The first-order chi connectivity index (χ1) is 15.9. The molecule has 2 N–H and O–H groups in total. The Hall–Kier alpha value is -3.01. The Balaban J connectivity index is 0.00000171. The number of nitrogens with zero attached hydrogens (tertiary/aromatic N) is 6. The van der Waals surface area contributed by atoms with Crippen LogP contribution in [0.5, 0.6) is 5.75 Å². The maximum atomic E-state index is 14.5. The fraction of sp³-hybridized carbons (Fsp3) is 0.333. The van der Waals surface area contributed by atoms with E-state index in [4.69, 9.17) is 0 Å². The van der Waals surface area contributed by atoms with Crippen LogP contribution in [0, 0.1) is 11.7 Å². The fourth-order valence-corrected chi connectivity index (χ4v) is 4.25. The Morgan fingerprint density at radius 3 is 2.60 bits per heavy atom. The monoisotopic (exact) mass is 519 g/mol. The number of piperazine rings is 1. The standard InChI is InChI=1S/C24H26FN7O.2ClH/c1-14(2)21-13-32(7-6-26-21)24-27-11-20(28-29-24)18-5-4-15(10-22(18)33)16-8-17-12-31(3)30-23(17)19(25)9-16;;/h4-5,8-12,14,21,26,33H,6-7,13H2,1-3H3;2*1H. The zero-order valence-corrected chi connectivity index (χ0v) is 21.3. The van der Waals surface area contributed by atoms with E-state index in [9.17, 15) is 9.50 Å². The molecule has 1 saturated heterocycles. The lowest BCUT2D eigenvalue weighted by Gasteiger charge is -2.35.